The van der Waals surface area contributed by atoms with Crippen molar-refractivity contribution in [1.29, 1.82) is 0 Å². The summed E-state index contributed by atoms with van der Waals surface area (Å²) in [7, 11) is 2.07. The minimum Gasteiger partial charge on any atom is -0.317 e. The zero-order valence-corrected chi connectivity index (χ0v) is 12.6. The highest BCUT2D eigenvalue weighted by molar-refractivity contribution is 4.86. The average Bonchev–Trinajstić information content (AvgIpc) is 2.36. The first-order chi connectivity index (χ1) is 8.01. The first kappa shape index (κ1) is 15.0. The van der Waals surface area contributed by atoms with E-state index in [1.807, 2.05) is 0 Å². The lowest BCUT2D eigenvalue weighted by Gasteiger charge is -2.41. The van der Waals surface area contributed by atoms with Gasteiger partial charge in [-0.1, -0.05) is 40.0 Å². The second kappa shape index (κ2) is 6.75. The van der Waals surface area contributed by atoms with Crippen molar-refractivity contribution >= 4 is 0 Å². The molecule has 0 aromatic heterocycles. The van der Waals surface area contributed by atoms with E-state index in [9.17, 15) is 0 Å². The number of rotatable bonds is 6. The molecule has 1 aliphatic rings. The lowest BCUT2D eigenvalue weighted by molar-refractivity contribution is 0.0924. The summed E-state index contributed by atoms with van der Waals surface area (Å²) in [6.45, 7) is 11.8. The van der Waals surface area contributed by atoms with Gasteiger partial charge in [0.1, 0.15) is 0 Å². The summed E-state index contributed by atoms with van der Waals surface area (Å²) in [6.07, 6.45) is 7.15. The molecule has 2 nitrogen and oxygen atoms in total. The Bertz CT molecular complexity index is 207. The first-order valence-corrected chi connectivity index (χ1v) is 7.42. The second-order valence-corrected chi connectivity index (χ2v) is 6.35. The quantitative estimate of drug-likeness (QED) is 0.766. The van der Waals surface area contributed by atoms with Crippen molar-refractivity contribution in [3.8, 4) is 0 Å². The third-order valence-electron chi connectivity index (χ3n) is 4.71. The van der Waals surface area contributed by atoms with Crippen molar-refractivity contribution in [2.24, 2.45) is 5.41 Å². The van der Waals surface area contributed by atoms with E-state index in [0.717, 1.165) is 6.04 Å². The van der Waals surface area contributed by atoms with Crippen molar-refractivity contribution in [3.63, 3.8) is 0 Å². The molecule has 0 aliphatic heterocycles. The normalized spacial score (nSPS) is 20.8. The van der Waals surface area contributed by atoms with Crippen LogP contribution in [0.4, 0.5) is 0 Å². The second-order valence-electron chi connectivity index (χ2n) is 6.35. The molecule has 1 fully saturated rings. The maximum Gasteiger partial charge on any atom is 0.00991 e. The first-order valence-electron chi connectivity index (χ1n) is 7.42. The molecule has 102 valence electrons. The summed E-state index contributed by atoms with van der Waals surface area (Å²) >= 11 is 0. The third kappa shape index (κ3) is 4.26. The maximum atomic E-state index is 3.41. The van der Waals surface area contributed by atoms with Gasteiger partial charge in [-0.2, -0.15) is 0 Å². The molecule has 1 saturated carbocycles. The zero-order valence-electron chi connectivity index (χ0n) is 12.6. The van der Waals surface area contributed by atoms with Crippen LogP contribution in [0.2, 0.25) is 0 Å². The highest BCUT2D eigenvalue weighted by Gasteiger charge is 2.30. The molecule has 1 rings (SSSR count). The van der Waals surface area contributed by atoms with E-state index in [0.29, 0.717) is 11.5 Å². The van der Waals surface area contributed by atoms with Crippen LogP contribution in [-0.2, 0) is 0 Å². The minimum absolute atomic E-state index is 0.349. The molecule has 0 radical (unpaired) electrons. The van der Waals surface area contributed by atoms with Gasteiger partial charge in [-0.05, 0) is 38.8 Å². The highest BCUT2D eigenvalue weighted by Crippen LogP contribution is 2.28. The molecule has 0 aromatic rings. The van der Waals surface area contributed by atoms with Crippen LogP contribution in [0.1, 0.15) is 59.8 Å². The lowest BCUT2D eigenvalue weighted by Crippen LogP contribution is -2.49. The van der Waals surface area contributed by atoms with Crippen LogP contribution in [0, 0.1) is 5.41 Å². The van der Waals surface area contributed by atoms with E-state index in [2.05, 4.69) is 45.0 Å². The van der Waals surface area contributed by atoms with Gasteiger partial charge in [0.2, 0.25) is 0 Å². The van der Waals surface area contributed by atoms with E-state index in [1.165, 1.54) is 45.2 Å². The van der Waals surface area contributed by atoms with Crippen LogP contribution < -0.4 is 5.32 Å². The van der Waals surface area contributed by atoms with E-state index in [1.54, 1.807) is 0 Å². The molecule has 0 spiro atoms. The van der Waals surface area contributed by atoms with Gasteiger partial charge < -0.3 is 10.2 Å². The molecule has 0 saturated heterocycles. The molecular weight excluding hydrogens is 208 g/mol. The zero-order chi connectivity index (χ0) is 12.9. The summed E-state index contributed by atoms with van der Waals surface area (Å²) < 4.78 is 0. The van der Waals surface area contributed by atoms with Crippen molar-refractivity contribution in [3.05, 3.63) is 0 Å². The van der Waals surface area contributed by atoms with Gasteiger partial charge in [-0.3, -0.25) is 0 Å². The van der Waals surface area contributed by atoms with E-state index >= 15 is 0 Å². The van der Waals surface area contributed by atoms with Crippen LogP contribution in [-0.4, -0.2) is 37.1 Å². The van der Waals surface area contributed by atoms with Crippen molar-refractivity contribution in [2.75, 3.05) is 20.1 Å². The summed E-state index contributed by atoms with van der Waals surface area (Å²) in [5, 5.41) is 3.41. The monoisotopic (exact) mass is 240 g/mol. The Morgan fingerprint density at radius 2 is 1.82 bits per heavy atom. The number of nitrogens with one attached hydrogen (secondary N) is 1. The molecule has 1 aliphatic carbocycles. The van der Waals surface area contributed by atoms with Crippen molar-refractivity contribution in [1.82, 2.24) is 10.2 Å². The predicted molar refractivity (Wildman–Crippen MR) is 76.4 cm³/mol. The Kier molecular flexibility index (Phi) is 5.94. The Morgan fingerprint density at radius 1 is 1.24 bits per heavy atom. The van der Waals surface area contributed by atoms with Crippen molar-refractivity contribution in [2.45, 2.75) is 71.9 Å². The fourth-order valence-corrected chi connectivity index (χ4v) is 3.00. The molecular formula is C15H32N2. The molecule has 1 N–H and O–H groups in total. The van der Waals surface area contributed by atoms with Gasteiger partial charge in [-0.15, -0.1) is 0 Å². The van der Waals surface area contributed by atoms with E-state index in [4.69, 9.17) is 0 Å². The number of hydrogen-bond donors (Lipinski definition) is 1. The van der Waals surface area contributed by atoms with E-state index in [-0.39, 0.29) is 0 Å². The third-order valence-corrected chi connectivity index (χ3v) is 4.71. The molecule has 0 aromatic carbocycles. The molecule has 1 atom stereocenters. The Morgan fingerprint density at radius 3 is 2.29 bits per heavy atom. The van der Waals surface area contributed by atoms with Gasteiger partial charge in [0.05, 0.1) is 0 Å². The fourth-order valence-electron chi connectivity index (χ4n) is 3.00. The summed E-state index contributed by atoms with van der Waals surface area (Å²) in [5.41, 5.74) is 0.349. The summed E-state index contributed by atoms with van der Waals surface area (Å²) in [5.74, 6) is 0. The topological polar surface area (TPSA) is 15.3 Å². The lowest BCUT2D eigenvalue weighted by atomic mass is 9.83. The largest absolute Gasteiger partial charge is 0.317 e. The Labute approximate surface area is 108 Å². The van der Waals surface area contributed by atoms with Crippen LogP contribution in [0.15, 0.2) is 0 Å². The van der Waals surface area contributed by atoms with Crippen molar-refractivity contribution < 1.29 is 0 Å². The Balaban J connectivity index is 2.55. The predicted octanol–water partition coefficient (Wildman–Crippen LogP) is 3.28. The molecule has 1 unspecified atom stereocenters. The van der Waals surface area contributed by atoms with Gasteiger partial charge in [0.25, 0.3) is 0 Å². The smallest absolute Gasteiger partial charge is 0.00991 e. The van der Waals surface area contributed by atoms with E-state index < -0.39 is 0 Å². The number of hydrogen-bond acceptors (Lipinski definition) is 2. The molecule has 0 heterocycles. The number of nitrogens with zero attached hydrogens (tertiary/aromatic N) is 1. The fraction of sp³-hybridized carbons (Fsp3) is 1.00. The molecule has 2 heteroatoms. The van der Waals surface area contributed by atoms with Gasteiger partial charge in [0, 0.05) is 18.6 Å². The summed E-state index contributed by atoms with van der Waals surface area (Å²) in [4.78, 5) is 2.72. The highest BCUT2D eigenvalue weighted by atomic mass is 15.2. The Hall–Kier alpha value is -0.0800. The molecule has 17 heavy (non-hydrogen) atoms. The molecule has 0 bridgehead atoms. The maximum absolute atomic E-state index is 3.41. The van der Waals surface area contributed by atoms with Crippen LogP contribution in [0.25, 0.3) is 0 Å². The average molecular weight is 240 g/mol. The summed E-state index contributed by atoms with van der Waals surface area (Å²) in [6, 6.07) is 1.41. The SMILES string of the molecule is CCN(CC(C)(C)C(C)NC)C1CCCCC1. The van der Waals surface area contributed by atoms with Crippen LogP contribution >= 0.6 is 0 Å². The minimum atomic E-state index is 0.349. The van der Waals surface area contributed by atoms with Gasteiger partial charge in [-0.25, -0.2) is 0 Å². The van der Waals surface area contributed by atoms with Crippen LogP contribution in [0.5, 0.6) is 0 Å². The van der Waals surface area contributed by atoms with Crippen LogP contribution in [0.3, 0.4) is 0 Å². The van der Waals surface area contributed by atoms with Gasteiger partial charge in [0.15, 0.2) is 0 Å². The van der Waals surface area contributed by atoms with Gasteiger partial charge >= 0.3 is 0 Å². The molecule has 0 amide bonds. The standard InChI is InChI=1S/C15H32N2/c1-6-17(14-10-8-7-9-11-14)12-15(3,4)13(2)16-5/h13-14,16H,6-12H2,1-5H3.